The van der Waals surface area contributed by atoms with Gasteiger partial charge < -0.3 is 25.2 Å². The molecule has 2 N–H and O–H groups in total. The molecule has 2 atom stereocenters. The van der Waals surface area contributed by atoms with Crippen LogP contribution in [0.25, 0.3) is 0 Å². The molecule has 0 aromatic heterocycles. The number of carbonyl (C=O) groups excluding carboxylic acids is 1. The van der Waals surface area contributed by atoms with Crippen LogP contribution in [-0.4, -0.2) is 79.8 Å². The molecule has 1 amide bonds. The number of likely N-dealkylation sites (N-methyl/N-ethyl adjacent to an activating group) is 1. The molecule has 0 saturated carbocycles. The average molecular weight is 483 g/mol. The van der Waals surface area contributed by atoms with Gasteiger partial charge in [-0.3, -0.25) is 4.99 Å². The van der Waals surface area contributed by atoms with Crippen LogP contribution in [0.2, 0.25) is 0 Å². The third-order valence-electron chi connectivity index (χ3n) is 4.51. The van der Waals surface area contributed by atoms with Crippen LogP contribution in [-0.2, 0) is 4.74 Å². The molecule has 154 valence electrons. The molecule has 1 saturated heterocycles. The minimum Gasteiger partial charge on any atom is -0.444 e. The molecule has 26 heavy (non-hydrogen) atoms. The first-order valence-corrected chi connectivity index (χ1v) is 9.31. The standard InChI is InChI=1S/C18H37N5O2.HI/c1-8-14(2)22(7)12-10-20-16(19-6)23-11-9-15(13-23)21-17(24)25-18(3,4)5;/h14-15H,8-13H2,1-7H3,(H,19,20)(H,21,24);1H. The van der Waals surface area contributed by atoms with E-state index >= 15 is 0 Å². The number of guanidine groups is 1. The van der Waals surface area contributed by atoms with Gasteiger partial charge in [-0.25, -0.2) is 4.79 Å². The van der Waals surface area contributed by atoms with E-state index in [1.807, 2.05) is 20.8 Å². The summed E-state index contributed by atoms with van der Waals surface area (Å²) in [6.45, 7) is 13.5. The van der Waals surface area contributed by atoms with Gasteiger partial charge in [0.25, 0.3) is 0 Å². The predicted molar refractivity (Wildman–Crippen MR) is 119 cm³/mol. The number of hydrogen-bond donors (Lipinski definition) is 2. The van der Waals surface area contributed by atoms with E-state index in [-0.39, 0.29) is 36.1 Å². The van der Waals surface area contributed by atoms with E-state index < -0.39 is 5.60 Å². The second-order valence-corrected chi connectivity index (χ2v) is 7.79. The normalized spacial score (nSPS) is 19.2. The number of aliphatic imine (C=N–C) groups is 1. The molecule has 1 rings (SSSR count). The van der Waals surface area contributed by atoms with Crippen molar-refractivity contribution in [3.63, 3.8) is 0 Å². The van der Waals surface area contributed by atoms with Crippen molar-refractivity contribution in [2.75, 3.05) is 40.3 Å². The second kappa shape index (κ2) is 11.8. The number of ether oxygens (including phenoxy) is 1. The fourth-order valence-corrected chi connectivity index (χ4v) is 2.75. The van der Waals surface area contributed by atoms with E-state index in [1.165, 1.54) is 0 Å². The zero-order valence-corrected chi connectivity index (χ0v) is 19.8. The zero-order valence-electron chi connectivity index (χ0n) is 17.5. The number of alkyl carbamates (subject to hydrolysis) is 1. The number of amides is 1. The van der Waals surface area contributed by atoms with Gasteiger partial charge in [-0.1, -0.05) is 6.92 Å². The summed E-state index contributed by atoms with van der Waals surface area (Å²) in [6, 6.07) is 0.675. The highest BCUT2D eigenvalue weighted by molar-refractivity contribution is 14.0. The van der Waals surface area contributed by atoms with Gasteiger partial charge in [0.05, 0.1) is 6.04 Å². The lowest BCUT2D eigenvalue weighted by Crippen LogP contribution is -2.46. The van der Waals surface area contributed by atoms with Crippen LogP contribution in [0, 0.1) is 0 Å². The van der Waals surface area contributed by atoms with Gasteiger partial charge >= 0.3 is 6.09 Å². The minimum atomic E-state index is -0.471. The van der Waals surface area contributed by atoms with E-state index in [9.17, 15) is 4.79 Å². The molecule has 1 fully saturated rings. The summed E-state index contributed by atoms with van der Waals surface area (Å²) in [4.78, 5) is 20.8. The van der Waals surface area contributed by atoms with Crippen molar-refractivity contribution >= 4 is 36.0 Å². The maximum atomic E-state index is 11.9. The Morgan fingerprint density at radius 2 is 2.08 bits per heavy atom. The van der Waals surface area contributed by atoms with E-state index in [1.54, 1.807) is 7.05 Å². The van der Waals surface area contributed by atoms with Crippen LogP contribution in [0.3, 0.4) is 0 Å². The van der Waals surface area contributed by atoms with E-state index in [0.717, 1.165) is 45.0 Å². The Morgan fingerprint density at radius 1 is 1.42 bits per heavy atom. The number of likely N-dealkylation sites (tertiary alicyclic amines) is 1. The highest BCUT2D eigenvalue weighted by Gasteiger charge is 2.27. The fraction of sp³-hybridized carbons (Fsp3) is 0.889. The van der Waals surface area contributed by atoms with Crippen LogP contribution in [0.15, 0.2) is 4.99 Å². The molecule has 2 unspecified atom stereocenters. The quantitative estimate of drug-likeness (QED) is 0.345. The molecule has 8 heteroatoms. The monoisotopic (exact) mass is 483 g/mol. The molecule has 0 aromatic rings. The SMILES string of the molecule is CCC(C)N(C)CCNC(=NC)N1CCC(NC(=O)OC(C)(C)C)C1.I. The number of rotatable bonds is 6. The van der Waals surface area contributed by atoms with Crippen molar-refractivity contribution in [3.8, 4) is 0 Å². The molecule has 7 nitrogen and oxygen atoms in total. The molecule has 1 aliphatic rings. The van der Waals surface area contributed by atoms with E-state index in [2.05, 4.69) is 46.3 Å². The van der Waals surface area contributed by atoms with Gasteiger partial charge in [-0.05, 0) is 47.6 Å². The second-order valence-electron chi connectivity index (χ2n) is 7.79. The predicted octanol–water partition coefficient (Wildman–Crippen LogP) is 2.51. The molecule has 0 aromatic carbocycles. The van der Waals surface area contributed by atoms with Gasteiger partial charge in [-0.2, -0.15) is 0 Å². The summed E-state index contributed by atoms with van der Waals surface area (Å²) in [5.74, 6) is 0.894. The molecule has 1 aliphatic heterocycles. The van der Waals surface area contributed by atoms with Gasteiger partial charge in [0, 0.05) is 39.3 Å². The minimum absolute atomic E-state index is 0. The van der Waals surface area contributed by atoms with Crippen molar-refractivity contribution in [1.29, 1.82) is 0 Å². The number of carbonyl (C=O) groups is 1. The maximum absolute atomic E-state index is 11.9. The Kier molecular flexibility index (Phi) is 11.5. The Balaban J connectivity index is 0.00000625. The summed E-state index contributed by atoms with van der Waals surface area (Å²) < 4.78 is 5.33. The first-order chi connectivity index (χ1) is 11.7. The Bertz CT molecular complexity index is 453. The first-order valence-electron chi connectivity index (χ1n) is 9.31. The number of nitrogens with one attached hydrogen (secondary N) is 2. The summed E-state index contributed by atoms with van der Waals surface area (Å²) in [5.41, 5.74) is -0.471. The lowest BCUT2D eigenvalue weighted by atomic mass is 10.2. The van der Waals surface area contributed by atoms with Gasteiger partial charge in [0.15, 0.2) is 5.96 Å². The Hall–Kier alpha value is -0.770. The molecule has 1 heterocycles. The highest BCUT2D eigenvalue weighted by atomic mass is 127. The van der Waals surface area contributed by atoms with E-state index in [4.69, 9.17) is 4.74 Å². The molecule has 0 radical (unpaired) electrons. The zero-order chi connectivity index (χ0) is 19.0. The largest absolute Gasteiger partial charge is 0.444 e. The van der Waals surface area contributed by atoms with Gasteiger partial charge in [-0.15, -0.1) is 24.0 Å². The topological polar surface area (TPSA) is 69.2 Å². The number of hydrogen-bond acceptors (Lipinski definition) is 4. The van der Waals surface area contributed by atoms with Crippen molar-refractivity contribution in [2.24, 2.45) is 4.99 Å². The summed E-state index contributed by atoms with van der Waals surface area (Å²) in [7, 11) is 3.95. The molecule has 0 spiro atoms. The van der Waals surface area contributed by atoms with Crippen LogP contribution in [0.5, 0.6) is 0 Å². The fourth-order valence-electron chi connectivity index (χ4n) is 2.75. The summed E-state index contributed by atoms with van der Waals surface area (Å²) >= 11 is 0. The van der Waals surface area contributed by atoms with Crippen LogP contribution >= 0.6 is 24.0 Å². The van der Waals surface area contributed by atoms with Crippen LogP contribution in [0.4, 0.5) is 4.79 Å². The Morgan fingerprint density at radius 3 is 2.62 bits per heavy atom. The summed E-state index contributed by atoms with van der Waals surface area (Å²) in [5, 5.41) is 6.37. The average Bonchev–Trinajstić information content (AvgIpc) is 2.96. The molecule has 0 aliphatic carbocycles. The van der Waals surface area contributed by atoms with Gasteiger partial charge in [0.1, 0.15) is 5.60 Å². The number of nitrogens with zero attached hydrogens (tertiary/aromatic N) is 3. The van der Waals surface area contributed by atoms with Crippen LogP contribution in [0.1, 0.15) is 47.5 Å². The van der Waals surface area contributed by atoms with Crippen molar-refractivity contribution in [2.45, 2.75) is 65.1 Å². The van der Waals surface area contributed by atoms with E-state index in [0.29, 0.717) is 6.04 Å². The first kappa shape index (κ1) is 25.2. The van der Waals surface area contributed by atoms with Crippen molar-refractivity contribution < 1.29 is 9.53 Å². The maximum Gasteiger partial charge on any atom is 0.407 e. The third-order valence-corrected chi connectivity index (χ3v) is 4.51. The van der Waals surface area contributed by atoms with Crippen LogP contribution < -0.4 is 10.6 Å². The van der Waals surface area contributed by atoms with Crippen molar-refractivity contribution in [3.05, 3.63) is 0 Å². The Labute approximate surface area is 176 Å². The number of halogens is 1. The van der Waals surface area contributed by atoms with Gasteiger partial charge in [0.2, 0.25) is 0 Å². The lowest BCUT2D eigenvalue weighted by Gasteiger charge is -2.26. The molecular formula is C18H38IN5O2. The summed E-state index contributed by atoms with van der Waals surface area (Å²) in [6.07, 6.45) is 1.69. The van der Waals surface area contributed by atoms with Crippen molar-refractivity contribution in [1.82, 2.24) is 20.4 Å². The molecule has 0 bridgehead atoms. The smallest absolute Gasteiger partial charge is 0.407 e. The molecular weight excluding hydrogens is 445 g/mol. The third kappa shape index (κ3) is 9.25. The lowest BCUT2D eigenvalue weighted by molar-refractivity contribution is 0.0507. The highest BCUT2D eigenvalue weighted by Crippen LogP contribution is 2.12.